The summed E-state index contributed by atoms with van der Waals surface area (Å²) in [5.41, 5.74) is -0.0142. The highest BCUT2D eigenvalue weighted by atomic mass is 16.7. The minimum absolute atomic E-state index is 0.157. The lowest BCUT2D eigenvalue weighted by Crippen LogP contribution is -2.15. The summed E-state index contributed by atoms with van der Waals surface area (Å²) >= 11 is 0. The van der Waals surface area contributed by atoms with Gasteiger partial charge in [0.25, 0.3) is 0 Å². The van der Waals surface area contributed by atoms with Crippen LogP contribution in [0.1, 0.15) is 5.56 Å². The van der Waals surface area contributed by atoms with Crippen LogP contribution >= 0.6 is 0 Å². The molecule has 2 rings (SSSR count). The Morgan fingerprint density at radius 3 is 2.95 bits per heavy atom. The highest BCUT2D eigenvalue weighted by Crippen LogP contribution is 2.32. The molecule has 1 atom stereocenters. The molecule has 1 aliphatic heterocycles. The fourth-order valence-corrected chi connectivity index (χ4v) is 1.85. The third kappa shape index (κ3) is 3.18. The molecule has 8 nitrogen and oxygen atoms in total. The van der Waals surface area contributed by atoms with Crippen molar-refractivity contribution in [3.63, 3.8) is 0 Å². The number of nitro groups is 1. The van der Waals surface area contributed by atoms with E-state index < -0.39 is 11.1 Å². The normalized spacial score (nSPS) is 18.2. The van der Waals surface area contributed by atoms with E-state index in [0.717, 1.165) is 0 Å². The lowest BCUT2D eigenvalue weighted by atomic mass is 10.1. The van der Waals surface area contributed by atoms with E-state index in [-0.39, 0.29) is 30.8 Å². The van der Waals surface area contributed by atoms with Crippen LogP contribution in [0, 0.1) is 10.1 Å². The van der Waals surface area contributed by atoms with Gasteiger partial charge >= 0.3 is 11.8 Å². The standard InChI is InChI=1S/C11H11NO7/c13-11(14)19-9-3-1-2-7(10(9)12(15)16)4-8-5-17-6-18-8/h1-3,8H,4-6H2,(H,13,14). The molecule has 1 heterocycles. The summed E-state index contributed by atoms with van der Waals surface area (Å²) in [5, 5.41) is 19.6. The fourth-order valence-electron chi connectivity index (χ4n) is 1.85. The van der Waals surface area contributed by atoms with Gasteiger partial charge in [0.05, 0.1) is 17.6 Å². The van der Waals surface area contributed by atoms with Crippen LogP contribution in [-0.2, 0) is 15.9 Å². The molecule has 0 spiro atoms. The number of benzene rings is 1. The Morgan fingerprint density at radius 1 is 1.58 bits per heavy atom. The molecule has 0 saturated carbocycles. The average molecular weight is 269 g/mol. The summed E-state index contributed by atoms with van der Waals surface area (Å²) in [5.74, 6) is -0.297. The van der Waals surface area contributed by atoms with Crippen molar-refractivity contribution in [2.75, 3.05) is 13.4 Å². The molecule has 0 amide bonds. The molecular weight excluding hydrogens is 258 g/mol. The van der Waals surface area contributed by atoms with E-state index in [1.165, 1.54) is 18.2 Å². The molecule has 0 radical (unpaired) electrons. The van der Waals surface area contributed by atoms with Gasteiger partial charge in [0.15, 0.2) is 0 Å². The molecule has 1 N–H and O–H groups in total. The molecule has 19 heavy (non-hydrogen) atoms. The van der Waals surface area contributed by atoms with Crippen molar-refractivity contribution in [1.82, 2.24) is 0 Å². The summed E-state index contributed by atoms with van der Waals surface area (Å²) in [6, 6.07) is 4.27. The number of nitro benzene ring substituents is 1. The van der Waals surface area contributed by atoms with E-state index >= 15 is 0 Å². The minimum Gasteiger partial charge on any atom is -0.449 e. The molecule has 102 valence electrons. The first-order chi connectivity index (χ1) is 9.08. The number of ether oxygens (including phenoxy) is 3. The predicted octanol–water partition coefficient (Wildman–Crippen LogP) is 1.57. The Morgan fingerprint density at radius 2 is 2.37 bits per heavy atom. The van der Waals surface area contributed by atoms with Gasteiger partial charge in [-0.2, -0.15) is 0 Å². The predicted molar refractivity (Wildman–Crippen MR) is 61.1 cm³/mol. The van der Waals surface area contributed by atoms with Gasteiger partial charge in [0.1, 0.15) is 6.79 Å². The van der Waals surface area contributed by atoms with Crippen molar-refractivity contribution < 1.29 is 29.0 Å². The first-order valence-corrected chi connectivity index (χ1v) is 5.44. The maximum atomic E-state index is 11.1. The second-order valence-corrected chi connectivity index (χ2v) is 3.87. The molecule has 8 heteroatoms. The Labute approximate surface area is 107 Å². The fraction of sp³-hybridized carbons (Fsp3) is 0.364. The van der Waals surface area contributed by atoms with Crippen molar-refractivity contribution >= 4 is 11.8 Å². The van der Waals surface area contributed by atoms with Crippen LogP contribution in [0.15, 0.2) is 18.2 Å². The molecule has 0 aromatic heterocycles. The molecule has 1 unspecified atom stereocenters. The Balaban J connectivity index is 2.30. The highest BCUT2D eigenvalue weighted by Gasteiger charge is 2.26. The lowest BCUT2D eigenvalue weighted by molar-refractivity contribution is -0.386. The van der Waals surface area contributed by atoms with E-state index in [4.69, 9.17) is 14.6 Å². The quantitative estimate of drug-likeness (QED) is 0.382. The number of para-hydroxylation sites is 1. The highest BCUT2D eigenvalue weighted by molar-refractivity contribution is 5.65. The summed E-state index contributed by atoms with van der Waals surface area (Å²) in [7, 11) is 0. The smallest absolute Gasteiger partial charge is 0.449 e. The summed E-state index contributed by atoms with van der Waals surface area (Å²) < 4.78 is 14.6. The van der Waals surface area contributed by atoms with Gasteiger partial charge in [-0.05, 0) is 6.07 Å². The monoisotopic (exact) mass is 269 g/mol. The zero-order valence-electron chi connectivity index (χ0n) is 9.77. The molecule has 1 aliphatic rings. The summed E-state index contributed by atoms with van der Waals surface area (Å²) in [6.45, 7) is 0.505. The number of rotatable bonds is 4. The molecule has 1 saturated heterocycles. The van der Waals surface area contributed by atoms with Crippen molar-refractivity contribution in [1.29, 1.82) is 0 Å². The number of nitrogens with zero attached hydrogens (tertiary/aromatic N) is 1. The van der Waals surface area contributed by atoms with Crippen LogP contribution in [0.4, 0.5) is 10.5 Å². The van der Waals surface area contributed by atoms with Crippen molar-refractivity contribution in [3.8, 4) is 5.75 Å². The first kappa shape index (κ1) is 13.2. The second kappa shape index (κ2) is 5.63. The van der Waals surface area contributed by atoms with Gasteiger partial charge in [-0.15, -0.1) is 0 Å². The van der Waals surface area contributed by atoms with Gasteiger partial charge in [-0.3, -0.25) is 10.1 Å². The maximum Gasteiger partial charge on any atom is 0.511 e. The number of hydrogen-bond acceptors (Lipinski definition) is 6. The largest absolute Gasteiger partial charge is 0.511 e. The van der Waals surface area contributed by atoms with E-state index in [0.29, 0.717) is 12.2 Å². The summed E-state index contributed by atoms with van der Waals surface area (Å²) in [6.07, 6.45) is -1.62. The van der Waals surface area contributed by atoms with Crippen molar-refractivity contribution in [2.45, 2.75) is 12.5 Å². The van der Waals surface area contributed by atoms with Crippen LogP contribution in [0.3, 0.4) is 0 Å². The molecule has 0 aliphatic carbocycles. The Kier molecular flexibility index (Phi) is 3.93. The zero-order valence-corrected chi connectivity index (χ0v) is 9.77. The van der Waals surface area contributed by atoms with Gasteiger partial charge in [-0.1, -0.05) is 12.1 Å². The Bertz CT molecular complexity index is 496. The van der Waals surface area contributed by atoms with Crippen LogP contribution < -0.4 is 4.74 Å². The SMILES string of the molecule is O=C(O)Oc1cccc(CC2COCO2)c1[N+](=O)[O-]. The van der Waals surface area contributed by atoms with Gasteiger partial charge in [0, 0.05) is 12.0 Å². The first-order valence-electron chi connectivity index (χ1n) is 5.44. The molecule has 1 aromatic rings. The lowest BCUT2D eigenvalue weighted by Gasteiger charge is -2.09. The van der Waals surface area contributed by atoms with E-state index in [9.17, 15) is 14.9 Å². The number of carbonyl (C=O) groups is 1. The van der Waals surface area contributed by atoms with Crippen molar-refractivity contribution in [2.24, 2.45) is 0 Å². The average Bonchev–Trinajstić information content (AvgIpc) is 2.80. The zero-order chi connectivity index (χ0) is 13.8. The third-order valence-electron chi connectivity index (χ3n) is 2.60. The minimum atomic E-state index is -1.60. The van der Waals surface area contributed by atoms with Crippen molar-refractivity contribution in [3.05, 3.63) is 33.9 Å². The van der Waals surface area contributed by atoms with E-state index in [2.05, 4.69) is 4.74 Å². The molecule has 0 bridgehead atoms. The second-order valence-electron chi connectivity index (χ2n) is 3.87. The van der Waals surface area contributed by atoms with Crippen LogP contribution in [0.2, 0.25) is 0 Å². The van der Waals surface area contributed by atoms with Crippen LogP contribution in [0.5, 0.6) is 5.75 Å². The van der Waals surface area contributed by atoms with E-state index in [1.54, 1.807) is 0 Å². The van der Waals surface area contributed by atoms with E-state index in [1.807, 2.05) is 0 Å². The Hall–Kier alpha value is -2.19. The number of hydrogen-bond donors (Lipinski definition) is 1. The molecule has 1 fully saturated rings. The topological polar surface area (TPSA) is 108 Å². The van der Waals surface area contributed by atoms with Gasteiger partial charge in [-0.25, -0.2) is 4.79 Å². The third-order valence-corrected chi connectivity index (χ3v) is 2.60. The summed E-state index contributed by atoms with van der Waals surface area (Å²) in [4.78, 5) is 20.9. The molecule has 1 aromatic carbocycles. The maximum absolute atomic E-state index is 11.1. The van der Waals surface area contributed by atoms with Gasteiger partial charge in [0.2, 0.25) is 5.75 Å². The molecular formula is C11H11NO7. The van der Waals surface area contributed by atoms with Crippen LogP contribution in [0.25, 0.3) is 0 Å². The number of carboxylic acid groups (broad SMARTS) is 1. The van der Waals surface area contributed by atoms with Crippen LogP contribution in [-0.4, -0.2) is 35.7 Å². The van der Waals surface area contributed by atoms with Gasteiger partial charge < -0.3 is 19.3 Å².